The minimum atomic E-state index is -0.781. The first-order valence-electron chi connectivity index (χ1n) is 28.6. The van der Waals surface area contributed by atoms with Gasteiger partial charge in [-0.3, -0.25) is 14.4 Å². The summed E-state index contributed by atoms with van der Waals surface area (Å²) in [5.41, 5.74) is 0. The molecule has 0 aliphatic carbocycles. The highest BCUT2D eigenvalue weighted by Crippen LogP contribution is 2.15. The molecule has 384 valence electrons. The first-order chi connectivity index (χ1) is 32.5. The van der Waals surface area contributed by atoms with E-state index in [1.54, 1.807) is 0 Å². The van der Waals surface area contributed by atoms with E-state index in [1.807, 2.05) is 0 Å². The average molecular weight is 926 g/mol. The fourth-order valence-corrected chi connectivity index (χ4v) is 8.17. The molecular formula is C60H108O6. The maximum Gasteiger partial charge on any atom is 0.306 e. The first-order valence-corrected chi connectivity index (χ1v) is 28.6. The molecule has 6 heteroatoms. The number of rotatable bonds is 52. The van der Waals surface area contributed by atoms with E-state index in [9.17, 15) is 14.4 Å². The fraction of sp³-hybridized carbons (Fsp3) is 0.817. The molecule has 0 aromatic rings. The quantitative estimate of drug-likeness (QED) is 0.0262. The Morgan fingerprint density at radius 2 is 0.545 bits per heavy atom. The van der Waals surface area contributed by atoms with E-state index in [-0.39, 0.29) is 31.1 Å². The van der Waals surface area contributed by atoms with Crippen LogP contribution in [0.2, 0.25) is 0 Å². The standard InChI is InChI=1S/C60H108O6/c1-4-7-10-13-16-19-22-25-28-29-30-31-33-35-38-41-44-47-50-53-59(62)65-56-57(55-64-58(61)52-49-46-43-40-37-34-27-24-21-18-15-12-9-6-3)66-60(63)54-51-48-45-42-39-36-32-26-23-20-17-14-11-8-5-2/h16,19,24-28,32,57H,4-15,17-18,20-23,29-31,33-56H2,1-3H3/b19-16-,27-24-,28-25-,32-26-/t57-/m1/s1. The molecule has 0 aromatic heterocycles. The van der Waals surface area contributed by atoms with Crippen molar-refractivity contribution in [2.45, 2.75) is 303 Å². The molecule has 0 saturated heterocycles. The topological polar surface area (TPSA) is 78.9 Å². The number of carbonyl (C=O) groups excluding carboxylic acids is 3. The maximum absolute atomic E-state index is 12.8. The SMILES string of the molecule is CCCCC/C=C\C/C=C\CCCCCCCCCCCC(=O)OC[C@@H](COC(=O)CCCCCCC/C=C\CCCCCCC)OC(=O)CCCCCCC/C=C\CCCCCCCC. The van der Waals surface area contributed by atoms with Crippen LogP contribution in [0.3, 0.4) is 0 Å². The van der Waals surface area contributed by atoms with Gasteiger partial charge >= 0.3 is 17.9 Å². The number of esters is 3. The monoisotopic (exact) mass is 925 g/mol. The van der Waals surface area contributed by atoms with Crippen LogP contribution in [0.4, 0.5) is 0 Å². The lowest BCUT2D eigenvalue weighted by Crippen LogP contribution is -2.30. The van der Waals surface area contributed by atoms with E-state index in [2.05, 4.69) is 69.4 Å². The second kappa shape index (κ2) is 55.0. The highest BCUT2D eigenvalue weighted by molar-refractivity contribution is 5.71. The van der Waals surface area contributed by atoms with Gasteiger partial charge in [-0.2, -0.15) is 0 Å². The van der Waals surface area contributed by atoms with Gasteiger partial charge in [0.05, 0.1) is 0 Å². The number of hydrogen-bond acceptors (Lipinski definition) is 6. The highest BCUT2D eigenvalue weighted by atomic mass is 16.6. The summed E-state index contributed by atoms with van der Waals surface area (Å²) >= 11 is 0. The predicted octanol–water partition coefficient (Wildman–Crippen LogP) is 19.0. The van der Waals surface area contributed by atoms with Gasteiger partial charge in [0, 0.05) is 19.3 Å². The molecule has 0 N–H and O–H groups in total. The summed E-state index contributed by atoms with van der Waals surface area (Å²) < 4.78 is 16.9. The van der Waals surface area contributed by atoms with E-state index >= 15 is 0 Å². The second-order valence-electron chi connectivity index (χ2n) is 19.2. The minimum Gasteiger partial charge on any atom is -0.462 e. The Morgan fingerprint density at radius 1 is 0.303 bits per heavy atom. The highest BCUT2D eigenvalue weighted by Gasteiger charge is 2.19. The van der Waals surface area contributed by atoms with Crippen molar-refractivity contribution in [3.8, 4) is 0 Å². The van der Waals surface area contributed by atoms with Crippen LogP contribution >= 0.6 is 0 Å². The van der Waals surface area contributed by atoms with Gasteiger partial charge in [-0.05, 0) is 103 Å². The molecule has 0 unspecified atom stereocenters. The number of unbranched alkanes of at least 4 members (excludes halogenated alkanes) is 33. The van der Waals surface area contributed by atoms with E-state index in [1.165, 1.54) is 173 Å². The molecule has 66 heavy (non-hydrogen) atoms. The zero-order valence-electron chi connectivity index (χ0n) is 44.0. The number of allylic oxidation sites excluding steroid dienone is 8. The van der Waals surface area contributed by atoms with E-state index in [0.717, 1.165) is 83.5 Å². The lowest BCUT2D eigenvalue weighted by atomic mass is 10.1. The van der Waals surface area contributed by atoms with E-state index in [4.69, 9.17) is 14.2 Å². The zero-order chi connectivity index (χ0) is 47.9. The summed E-state index contributed by atoms with van der Waals surface area (Å²) in [7, 11) is 0. The minimum absolute atomic E-state index is 0.0799. The number of carbonyl (C=O) groups is 3. The summed E-state index contributed by atoms with van der Waals surface area (Å²) in [6.07, 6.45) is 66.6. The number of ether oxygens (including phenoxy) is 3. The van der Waals surface area contributed by atoms with Crippen molar-refractivity contribution in [1.82, 2.24) is 0 Å². The molecule has 0 saturated carbocycles. The molecule has 0 bridgehead atoms. The maximum atomic E-state index is 12.8. The van der Waals surface area contributed by atoms with E-state index < -0.39 is 6.10 Å². The summed E-state index contributed by atoms with van der Waals surface area (Å²) in [6.45, 7) is 6.61. The molecule has 0 heterocycles. The van der Waals surface area contributed by atoms with Crippen LogP contribution in [0, 0.1) is 0 Å². The smallest absolute Gasteiger partial charge is 0.306 e. The molecule has 0 aromatic carbocycles. The second-order valence-corrected chi connectivity index (χ2v) is 19.2. The Morgan fingerprint density at radius 3 is 0.879 bits per heavy atom. The summed E-state index contributed by atoms with van der Waals surface area (Å²) in [5, 5.41) is 0. The third-order valence-electron chi connectivity index (χ3n) is 12.5. The molecule has 0 radical (unpaired) electrons. The van der Waals surface area contributed by atoms with Gasteiger partial charge in [0.15, 0.2) is 6.10 Å². The Bertz CT molecular complexity index is 1150. The molecule has 0 spiro atoms. The van der Waals surface area contributed by atoms with Crippen molar-refractivity contribution in [3.05, 3.63) is 48.6 Å². The van der Waals surface area contributed by atoms with Crippen molar-refractivity contribution in [2.24, 2.45) is 0 Å². The van der Waals surface area contributed by atoms with Crippen LogP contribution in [-0.4, -0.2) is 37.2 Å². The lowest BCUT2D eigenvalue weighted by molar-refractivity contribution is -0.167. The first kappa shape index (κ1) is 63.4. The van der Waals surface area contributed by atoms with Gasteiger partial charge in [0.1, 0.15) is 13.2 Å². The third kappa shape index (κ3) is 52.3. The molecule has 1 atom stereocenters. The molecule has 0 rings (SSSR count). The number of hydrogen-bond donors (Lipinski definition) is 0. The van der Waals surface area contributed by atoms with Crippen LogP contribution < -0.4 is 0 Å². The summed E-state index contributed by atoms with van der Waals surface area (Å²) in [4.78, 5) is 38.1. The molecule has 0 amide bonds. The van der Waals surface area contributed by atoms with Crippen molar-refractivity contribution in [3.63, 3.8) is 0 Å². The largest absolute Gasteiger partial charge is 0.462 e. The average Bonchev–Trinajstić information content (AvgIpc) is 3.31. The Hall–Kier alpha value is -2.63. The van der Waals surface area contributed by atoms with E-state index in [0.29, 0.717) is 19.3 Å². The van der Waals surface area contributed by atoms with Crippen LogP contribution in [0.1, 0.15) is 297 Å². The fourth-order valence-electron chi connectivity index (χ4n) is 8.17. The molecular weight excluding hydrogens is 817 g/mol. The Kier molecular flexibility index (Phi) is 52.8. The third-order valence-corrected chi connectivity index (χ3v) is 12.5. The van der Waals surface area contributed by atoms with Crippen LogP contribution in [0.15, 0.2) is 48.6 Å². The van der Waals surface area contributed by atoms with Crippen molar-refractivity contribution in [2.75, 3.05) is 13.2 Å². The molecule has 0 fully saturated rings. The van der Waals surface area contributed by atoms with Gasteiger partial charge in [0.25, 0.3) is 0 Å². The van der Waals surface area contributed by atoms with Crippen molar-refractivity contribution >= 4 is 17.9 Å². The van der Waals surface area contributed by atoms with Gasteiger partial charge in [-0.1, -0.05) is 223 Å². The van der Waals surface area contributed by atoms with Crippen LogP contribution in [0.5, 0.6) is 0 Å². The Labute approximate surface area is 409 Å². The Balaban J connectivity index is 4.37. The summed E-state index contributed by atoms with van der Waals surface area (Å²) in [5.74, 6) is -0.889. The van der Waals surface area contributed by atoms with Gasteiger partial charge < -0.3 is 14.2 Å². The zero-order valence-corrected chi connectivity index (χ0v) is 44.0. The summed E-state index contributed by atoms with van der Waals surface area (Å²) in [6, 6.07) is 0. The lowest BCUT2D eigenvalue weighted by Gasteiger charge is -2.18. The van der Waals surface area contributed by atoms with Gasteiger partial charge in [0.2, 0.25) is 0 Å². The van der Waals surface area contributed by atoms with Gasteiger partial charge in [-0.15, -0.1) is 0 Å². The van der Waals surface area contributed by atoms with Gasteiger partial charge in [-0.25, -0.2) is 0 Å². The van der Waals surface area contributed by atoms with Crippen molar-refractivity contribution < 1.29 is 28.6 Å². The predicted molar refractivity (Wildman–Crippen MR) is 284 cm³/mol. The molecule has 6 nitrogen and oxygen atoms in total. The van der Waals surface area contributed by atoms with Crippen LogP contribution in [0.25, 0.3) is 0 Å². The van der Waals surface area contributed by atoms with Crippen molar-refractivity contribution in [1.29, 1.82) is 0 Å². The normalized spacial score (nSPS) is 12.3. The molecule has 0 aliphatic rings. The molecule has 0 aliphatic heterocycles. The van der Waals surface area contributed by atoms with Crippen LogP contribution in [-0.2, 0) is 28.6 Å².